The van der Waals surface area contributed by atoms with E-state index in [1.54, 1.807) is 6.20 Å². The molecule has 0 aromatic carbocycles. The van der Waals surface area contributed by atoms with Gasteiger partial charge in [0.25, 0.3) is 5.91 Å². The smallest absolute Gasteiger partial charge is 0.253 e. The monoisotopic (exact) mass is 243 g/mol. The number of rotatable bonds is 3. The van der Waals surface area contributed by atoms with Crippen molar-refractivity contribution < 1.29 is 4.79 Å². The highest BCUT2D eigenvalue weighted by Gasteiger charge is 2.06. The van der Waals surface area contributed by atoms with Gasteiger partial charge in [-0.1, -0.05) is 6.07 Å². The summed E-state index contributed by atoms with van der Waals surface area (Å²) in [4.78, 5) is 29.3. The molecule has 0 atom stereocenters. The van der Waals surface area contributed by atoms with Crippen LogP contribution in [0.2, 0.25) is 0 Å². The molecule has 92 valence electrons. The van der Waals surface area contributed by atoms with Gasteiger partial charge in [-0.2, -0.15) is 0 Å². The van der Waals surface area contributed by atoms with Crippen LogP contribution in [0.1, 0.15) is 21.6 Å². The minimum atomic E-state index is -0.240. The molecule has 0 saturated heterocycles. The Labute approximate surface area is 104 Å². The van der Waals surface area contributed by atoms with Gasteiger partial charge in [-0.25, -0.2) is 0 Å². The number of aromatic amines is 1. The Balaban J connectivity index is 2.03. The molecule has 2 N–H and O–H groups in total. The number of H-pyrrole nitrogens is 1. The number of nitrogens with one attached hydrogen (secondary N) is 2. The van der Waals surface area contributed by atoms with E-state index >= 15 is 0 Å². The lowest BCUT2D eigenvalue weighted by Crippen LogP contribution is -2.24. The first-order valence-electron chi connectivity index (χ1n) is 5.54. The fraction of sp³-hybridized carbons (Fsp3) is 0.154. The molecular weight excluding hydrogens is 230 g/mol. The second-order valence-corrected chi connectivity index (χ2v) is 3.89. The Kier molecular flexibility index (Phi) is 3.52. The third-order valence-electron chi connectivity index (χ3n) is 2.58. The highest BCUT2D eigenvalue weighted by atomic mass is 16.1. The van der Waals surface area contributed by atoms with Gasteiger partial charge in [0.05, 0.1) is 17.8 Å². The van der Waals surface area contributed by atoms with Crippen LogP contribution in [0.5, 0.6) is 0 Å². The number of aromatic nitrogens is 2. The Morgan fingerprint density at radius 2 is 2.22 bits per heavy atom. The molecule has 2 rings (SSSR count). The molecule has 18 heavy (non-hydrogen) atoms. The molecule has 0 saturated carbocycles. The molecule has 0 aliphatic rings. The van der Waals surface area contributed by atoms with Crippen molar-refractivity contribution in [1.82, 2.24) is 15.3 Å². The Bertz CT molecular complexity index is 599. The maximum Gasteiger partial charge on any atom is 0.253 e. The van der Waals surface area contributed by atoms with Gasteiger partial charge in [0.1, 0.15) is 0 Å². The molecule has 1 amide bonds. The molecule has 5 heteroatoms. The van der Waals surface area contributed by atoms with Gasteiger partial charge >= 0.3 is 0 Å². The molecule has 0 fully saturated rings. The van der Waals surface area contributed by atoms with Gasteiger partial charge < -0.3 is 10.3 Å². The standard InChI is InChI=1S/C13H13N3O2/c1-9-3-2-6-14-11(9)8-16-13(18)10-4-5-12(17)15-7-10/h2-7H,8H2,1H3,(H,15,17)(H,16,18). The van der Waals surface area contributed by atoms with Crippen molar-refractivity contribution >= 4 is 5.91 Å². The van der Waals surface area contributed by atoms with Gasteiger partial charge in [0.15, 0.2) is 0 Å². The molecule has 0 aliphatic heterocycles. The third-order valence-corrected chi connectivity index (χ3v) is 2.58. The van der Waals surface area contributed by atoms with E-state index in [0.29, 0.717) is 12.1 Å². The average molecular weight is 243 g/mol. The second kappa shape index (κ2) is 5.27. The van der Waals surface area contributed by atoms with Crippen LogP contribution in [0.15, 0.2) is 41.5 Å². The topological polar surface area (TPSA) is 74.8 Å². The SMILES string of the molecule is Cc1cccnc1CNC(=O)c1ccc(=O)[nH]c1. The van der Waals surface area contributed by atoms with E-state index in [1.165, 1.54) is 18.3 Å². The van der Waals surface area contributed by atoms with E-state index in [1.807, 2.05) is 19.1 Å². The largest absolute Gasteiger partial charge is 0.346 e. The Morgan fingerprint density at radius 1 is 1.39 bits per heavy atom. The highest BCUT2D eigenvalue weighted by Crippen LogP contribution is 2.03. The number of nitrogens with zero attached hydrogens (tertiary/aromatic N) is 1. The number of pyridine rings is 2. The summed E-state index contributed by atoms with van der Waals surface area (Å²) < 4.78 is 0. The summed E-state index contributed by atoms with van der Waals surface area (Å²) in [6.07, 6.45) is 3.08. The van der Waals surface area contributed by atoms with Crippen molar-refractivity contribution in [2.24, 2.45) is 0 Å². The van der Waals surface area contributed by atoms with E-state index in [9.17, 15) is 9.59 Å². The van der Waals surface area contributed by atoms with E-state index in [2.05, 4.69) is 15.3 Å². The summed E-state index contributed by atoms with van der Waals surface area (Å²) in [6, 6.07) is 6.59. The van der Waals surface area contributed by atoms with Gasteiger partial charge in [0.2, 0.25) is 5.56 Å². The van der Waals surface area contributed by atoms with Gasteiger partial charge in [-0.3, -0.25) is 14.6 Å². The van der Waals surface area contributed by atoms with Crippen LogP contribution >= 0.6 is 0 Å². The van der Waals surface area contributed by atoms with Crippen LogP contribution in [-0.2, 0) is 6.54 Å². The minimum absolute atomic E-state index is 0.230. The summed E-state index contributed by atoms with van der Waals surface area (Å²) >= 11 is 0. The molecule has 2 heterocycles. The van der Waals surface area contributed by atoms with Crippen molar-refractivity contribution in [3.05, 3.63) is 63.8 Å². The summed E-state index contributed by atoms with van der Waals surface area (Å²) in [6.45, 7) is 2.30. The number of hydrogen-bond donors (Lipinski definition) is 2. The normalized spacial score (nSPS) is 10.1. The molecular formula is C13H13N3O2. The zero-order valence-electron chi connectivity index (χ0n) is 9.93. The predicted octanol–water partition coefficient (Wildman–Crippen LogP) is 1.01. The molecule has 0 bridgehead atoms. The Hall–Kier alpha value is -2.43. The molecule has 5 nitrogen and oxygen atoms in total. The second-order valence-electron chi connectivity index (χ2n) is 3.89. The zero-order chi connectivity index (χ0) is 13.0. The van der Waals surface area contributed by atoms with Crippen molar-refractivity contribution in [2.45, 2.75) is 13.5 Å². The first-order valence-corrected chi connectivity index (χ1v) is 5.54. The van der Waals surface area contributed by atoms with E-state index in [0.717, 1.165) is 11.3 Å². The number of hydrogen-bond acceptors (Lipinski definition) is 3. The van der Waals surface area contributed by atoms with Crippen LogP contribution in [0, 0.1) is 6.92 Å². The van der Waals surface area contributed by atoms with Crippen LogP contribution < -0.4 is 10.9 Å². The molecule has 2 aromatic rings. The molecule has 0 radical (unpaired) electrons. The van der Waals surface area contributed by atoms with Crippen molar-refractivity contribution in [3.63, 3.8) is 0 Å². The first-order chi connectivity index (χ1) is 8.66. The molecule has 2 aromatic heterocycles. The van der Waals surface area contributed by atoms with Crippen LogP contribution in [-0.4, -0.2) is 15.9 Å². The fourth-order valence-electron chi connectivity index (χ4n) is 1.52. The van der Waals surface area contributed by atoms with Crippen LogP contribution in [0.25, 0.3) is 0 Å². The lowest BCUT2D eigenvalue weighted by Gasteiger charge is -2.06. The van der Waals surface area contributed by atoms with Gasteiger partial charge in [-0.15, -0.1) is 0 Å². The average Bonchev–Trinajstić information content (AvgIpc) is 2.38. The summed E-state index contributed by atoms with van der Waals surface area (Å²) in [7, 11) is 0. The predicted molar refractivity (Wildman–Crippen MR) is 67.2 cm³/mol. The summed E-state index contributed by atoms with van der Waals surface area (Å²) in [5.74, 6) is -0.240. The molecule has 0 unspecified atom stereocenters. The fourth-order valence-corrected chi connectivity index (χ4v) is 1.52. The number of carbonyl (C=O) groups is 1. The first kappa shape index (κ1) is 12.0. The van der Waals surface area contributed by atoms with Crippen LogP contribution in [0.3, 0.4) is 0 Å². The summed E-state index contributed by atoms with van der Waals surface area (Å²) in [5, 5.41) is 2.75. The number of aryl methyl sites for hydroxylation is 1. The van der Waals surface area contributed by atoms with Crippen LogP contribution in [0.4, 0.5) is 0 Å². The third kappa shape index (κ3) is 2.82. The number of carbonyl (C=O) groups excluding carboxylic acids is 1. The lowest BCUT2D eigenvalue weighted by molar-refractivity contribution is 0.0950. The van der Waals surface area contributed by atoms with E-state index < -0.39 is 0 Å². The van der Waals surface area contributed by atoms with Crippen molar-refractivity contribution in [1.29, 1.82) is 0 Å². The summed E-state index contributed by atoms with van der Waals surface area (Å²) in [5.41, 5.74) is 2.05. The minimum Gasteiger partial charge on any atom is -0.346 e. The Morgan fingerprint density at radius 3 is 2.89 bits per heavy atom. The highest BCUT2D eigenvalue weighted by molar-refractivity contribution is 5.93. The maximum absolute atomic E-state index is 11.8. The van der Waals surface area contributed by atoms with Crippen molar-refractivity contribution in [3.8, 4) is 0 Å². The quantitative estimate of drug-likeness (QED) is 0.844. The molecule has 0 spiro atoms. The zero-order valence-corrected chi connectivity index (χ0v) is 9.93. The van der Waals surface area contributed by atoms with Crippen molar-refractivity contribution in [2.75, 3.05) is 0 Å². The maximum atomic E-state index is 11.8. The van der Waals surface area contributed by atoms with E-state index in [-0.39, 0.29) is 11.5 Å². The van der Waals surface area contributed by atoms with Gasteiger partial charge in [-0.05, 0) is 24.6 Å². The van der Waals surface area contributed by atoms with E-state index in [4.69, 9.17) is 0 Å². The number of amides is 1. The van der Waals surface area contributed by atoms with Gasteiger partial charge in [0, 0.05) is 18.5 Å². The lowest BCUT2D eigenvalue weighted by atomic mass is 10.2. The molecule has 0 aliphatic carbocycles.